The molecule has 1 amide bonds. The first-order valence-electron chi connectivity index (χ1n) is 7.06. The van der Waals surface area contributed by atoms with Gasteiger partial charge in [0.1, 0.15) is 0 Å². The molecule has 0 aliphatic rings. The van der Waals surface area contributed by atoms with Crippen LogP contribution in [0.2, 0.25) is 0 Å². The lowest BCUT2D eigenvalue weighted by Crippen LogP contribution is -2.12. The zero-order chi connectivity index (χ0) is 15.9. The monoisotopic (exact) mass is 318 g/mol. The van der Waals surface area contributed by atoms with Crippen LogP contribution in [-0.2, 0) is 16.0 Å². The van der Waals surface area contributed by atoms with Gasteiger partial charge >= 0.3 is 5.97 Å². The second kappa shape index (κ2) is 7.70. The summed E-state index contributed by atoms with van der Waals surface area (Å²) < 4.78 is 4.91. The number of carbonyl (C=O) groups is 2. The Labute approximate surface area is 133 Å². The lowest BCUT2D eigenvalue weighted by Gasteiger charge is -2.06. The van der Waals surface area contributed by atoms with Crippen LogP contribution in [0.3, 0.4) is 0 Å². The second-order valence-electron chi connectivity index (χ2n) is 4.70. The first-order chi connectivity index (χ1) is 10.6. The fourth-order valence-electron chi connectivity index (χ4n) is 1.89. The summed E-state index contributed by atoms with van der Waals surface area (Å²) in [5.74, 6) is -0.436. The van der Waals surface area contributed by atoms with Gasteiger partial charge in [0.05, 0.1) is 22.9 Å². The van der Waals surface area contributed by atoms with Crippen LogP contribution in [0, 0.1) is 6.92 Å². The largest absolute Gasteiger partial charge is 0.462 e. The van der Waals surface area contributed by atoms with Gasteiger partial charge in [-0.1, -0.05) is 0 Å². The third-order valence-electron chi connectivity index (χ3n) is 2.95. The van der Waals surface area contributed by atoms with Crippen molar-refractivity contribution in [2.45, 2.75) is 26.7 Å². The molecule has 0 aliphatic heterocycles. The van der Waals surface area contributed by atoms with Gasteiger partial charge in [0.15, 0.2) is 0 Å². The zero-order valence-corrected chi connectivity index (χ0v) is 13.4. The van der Waals surface area contributed by atoms with E-state index in [1.165, 1.54) is 0 Å². The lowest BCUT2D eigenvalue weighted by molar-refractivity contribution is -0.116. The number of hydrogen-bond donors (Lipinski definition) is 1. The fourth-order valence-corrected chi connectivity index (χ4v) is 2.54. The van der Waals surface area contributed by atoms with Crippen LogP contribution in [0.1, 0.15) is 34.4 Å². The van der Waals surface area contributed by atoms with E-state index in [1.807, 2.05) is 12.3 Å². The van der Waals surface area contributed by atoms with Crippen LogP contribution >= 0.6 is 11.3 Å². The number of anilines is 1. The molecule has 0 radical (unpaired) electrons. The summed E-state index contributed by atoms with van der Waals surface area (Å²) in [5, 5.41) is 5.78. The SMILES string of the molecule is CCOC(=O)c1ccc(NC(=O)CCc2csc(C)n2)cc1. The van der Waals surface area contributed by atoms with Crippen molar-refractivity contribution in [1.29, 1.82) is 0 Å². The molecule has 1 aromatic heterocycles. The van der Waals surface area contributed by atoms with Crippen molar-refractivity contribution >= 4 is 28.9 Å². The maximum Gasteiger partial charge on any atom is 0.338 e. The fraction of sp³-hybridized carbons (Fsp3) is 0.312. The van der Waals surface area contributed by atoms with Gasteiger partial charge < -0.3 is 10.1 Å². The highest BCUT2D eigenvalue weighted by atomic mass is 32.1. The molecule has 0 spiro atoms. The minimum absolute atomic E-state index is 0.0745. The van der Waals surface area contributed by atoms with Crippen molar-refractivity contribution in [3.05, 3.63) is 45.9 Å². The van der Waals surface area contributed by atoms with E-state index in [9.17, 15) is 9.59 Å². The molecule has 0 saturated carbocycles. The molecule has 2 rings (SSSR count). The molecule has 2 aromatic rings. The minimum atomic E-state index is -0.362. The van der Waals surface area contributed by atoms with Gasteiger partial charge in [-0.3, -0.25) is 4.79 Å². The van der Waals surface area contributed by atoms with Crippen molar-refractivity contribution in [2.75, 3.05) is 11.9 Å². The molecule has 0 saturated heterocycles. The molecule has 0 aliphatic carbocycles. The van der Waals surface area contributed by atoms with Gasteiger partial charge in [-0.15, -0.1) is 11.3 Å². The topological polar surface area (TPSA) is 68.3 Å². The Balaban J connectivity index is 1.85. The number of esters is 1. The maximum absolute atomic E-state index is 11.9. The molecule has 0 unspecified atom stereocenters. The lowest BCUT2D eigenvalue weighted by atomic mass is 10.2. The highest BCUT2D eigenvalue weighted by molar-refractivity contribution is 7.09. The summed E-state index contributed by atoms with van der Waals surface area (Å²) >= 11 is 1.58. The van der Waals surface area contributed by atoms with Gasteiger partial charge in [-0.05, 0) is 44.5 Å². The van der Waals surface area contributed by atoms with Gasteiger partial charge in [0, 0.05) is 17.5 Å². The summed E-state index contributed by atoms with van der Waals surface area (Å²) in [7, 11) is 0. The Morgan fingerprint density at radius 3 is 2.59 bits per heavy atom. The van der Waals surface area contributed by atoms with E-state index < -0.39 is 0 Å². The van der Waals surface area contributed by atoms with E-state index in [0.717, 1.165) is 10.7 Å². The minimum Gasteiger partial charge on any atom is -0.462 e. The first kappa shape index (κ1) is 16.2. The predicted octanol–water partition coefficient (Wildman–Crippen LogP) is 3.20. The number of aromatic nitrogens is 1. The van der Waals surface area contributed by atoms with Crippen LogP contribution in [0.25, 0.3) is 0 Å². The van der Waals surface area contributed by atoms with Crippen molar-refractivity contribution in [2.24, 2.45) is 0 Å². The summed E-state index contributed by atoms with van der Waals surface area (Å²) in [6.07, 6.45) is 1.000. The number of thiazole rings is 1. The van der Waals surface area contributed by atoms with Gasteiger partial charge in [-0.2, -0.15) is 0 Å². The molecular weight excluding hydrogens is 300 g/mol. The summed E-state index contributed by atoms with van der Waals surface area (Å²) in [4.78, 5) is 27.7. The number of benzene rings is 1. The second-order valence-corrected chi connectivity index (χ2v) is 5.77. The average Bonchev–Trinajstić information content (AvgIpc) is 2.92. The number of nitrogens with one attached hydrogen (secondary N) is 1. The highest BCUT2D eigenvalue weighted by Gasteiger charge is 2.08. The van der Waals surface area contributed by atoms with Crippen LogP contribution < -0.4 is 5.32 Å². The number of amides is 1. The number of aryl methyl sites for hydroxylation is 2. The Morgan fingerprint density at radius 2 is 2.00 bits per heavy atom. The number of nitrogens with zero attached hydrogens (tertiary/aromatic N) is 1. The summed E-state index contributed by atoms with van der Waals surface area (Å²) in [6.45, 7) is 4.04. The predicted molar refractivity (Wildman–Crippen MR) is 86.2 cm³/mol. The van der Waals surface area contributed by atoms with E-state index in [1.54, 1.807) is 42.5 Å². The van der Waals surface area contributed by atoms with E-state index >= 15 is 0 Å². The Hall–Kier alpha value is -2.21. The van der Waals surface area contributed by atoms with Gasteiger partial charge in [-0.25, -0.2) is 9.78 Å². The molecule has 0 atom stereocenters. The molecule has 1 heterocycles. The third-order valence-corrected chi connectivity index (χ3v) is 3.78. The van der Waals surface area contributed by atoms with E-state index in [2.05, 4.69) is 10.3 Å². The normalized spacial score (nSPS) is 10.3. The number of carbonyl (C=O) groups excluding carboxylic acids is 2. The Morgan fingerprint density at radius 1 is 1.27 bits per heavy atom. The smallest absolute Gasteiger partial charge is 0.338 e. The molecule has 22 heavy (non-hydrogen) atoms. The van der Waals surface area contributed by atoms with E-state index in [0.29, 0.717) is 30.7 Å². The van der Waals surface area contributed by atoms with Crippen LogP contribution in [0.15, 0.2) is 29.6 Å². The highest BCUT2D eigenvalue weighted by Crippen LogP contribution is 2.13. The standard InChI is InChI=1S/C16H18N2O3S/c1-3-21-16(20)12-4-6-13(7-5-12)18-15(19)9-8-14-10-22-11(2)17-14/h4-7,10H,3,8-9H2,1-2H3,(H,18,19). The number of hydrogen-bond acceptors (Lipinski definition) is 5. The van der Waals surface area contributed by atoms with E-state index in [4.69, 9.17) is 4.74 Å². The van der Waals surface area contributed by atoms with Crippen molar-refractivity contribution in [1.82, 2.24) is 4.98 Å². The summed E-state index contributed by atoms with van der Waals surface area (Å²) in [5.41, 5.74) is 2.07. The van der Waals surface area contributed by atoms with Crippen molar-refractivity contribution in [3.63, 3.8) is 0 Å². The van der Waals surface area contributed by atoms with Crippen molar-refractivity contribution in [3.8, 4) is 0 Å². The molecule has 1 N–H and O–H groups in total. The molecule has 0 bridgehead atoms. The van der Waals surface area contributed by atoms with Crippen LogP contribution in [0.5, 0.6) is 0 Å². The van der Waals surface area contributed by atoms with E-state index in [-0.39, 0.29) is 11.9 Å². The molecule has 116 valence electrons. The Bertz CT molecular complexity index is 650. The van der Waals surface area contributed by atoms with Crippen LogP contribution in [0.4, 0.5) is 5.69 Å². The molecule has 5 nitrogen and oxygen atoms in total. The summed E-state index contributed by atoms with van der Waals surface area (Å²) in [6, 6.07) is 6.66. The number of rotatable bonds is 6. The molecule has 1 aromatic carbocycles. The quantitative estimate of drug-likeness (QED) is 0.831. The zero-order valence-electron chi connectivity index (χ0n) is 12.6. The Kier molecular flexibility index (Phi) is 5.66. The maximum atomic E-state index is 11.9. The average molecular weight is 318 g/mol. The van der Waals surface area contributed by atoms with Crippen molar-refractivity contribution < 1.29 is 14.3 Å². The molecule has 6 heteroatoms. The molecule has 0 fully saturated rings. The molecular formula is C16H18N2O3S. The number of ether oxygens (including phenoxy) is 1. The first-order valence-corrected chi connectivity index (χ1v) is 7.94. The third kappa shape index (κ3) is 4.66. The van der Waals surface area contributed by atoms with Crippen LogP contribution in [-0.4, -0.2) is 23.5 Å². The van der Waals surface area contributed by atoms with Gasteiger partial charge in [0.2, 0.25) is 5.91 Å². The van der Waals surface area contributed by atoms with Gasteiger partial charge in [0.25, 0.3) is 0 Å².